The van der Waals surface area contributed by atoms with Crippen molar-refractivity contribution in [3.63, 3.8) is 0 Å². The normalized spacial score (nSPS) is 11.6. The minimum absolute atomic E-state index is 0.0366. The number of thiazole rings is 1. The summed E-state index contributed by atoms with van der Waals surface area (Å²) in [5.74, 6) is -1.03. The fourth-order valence-electron chi connectivity index (χ4n) is 2.48. The highest BCUT2D eigenvalue weighted by Gasteiger charge is 2.18. The number of benzene rings is 2. The first-order chi connectivity index (χ1) is 14.4. The summed E-state index contributed by atoms with van der Waals surface area (Å²) in [4.78, 5) is 30.0. The van der Waals surface area contributed by atoms with Crippen LogP contribution in [0, 0.1) is 12.7 Å². The third-order valence-electron chi connectivity index (χ3n) is 3.98. The number of aromatic nitrogens is 1. The summed E-state index contributed by atoms with van der Waals surface area (Å²) in [6, 6.07) is 12.9. The molecule has 0 saturated heterocycles. The van der Waals surface area contributed by atoms with Crippen molar-refractivity contribution in [1.82, 2.24) is 15.8 Å². The molecule has 30 heavy (non-hydrogen) atoms. The lowest BCUT2D eigenvalue weighted by Gasteiger charge is -2.16. The van der Waals surface area contributed by atoms with Gasteiger partial charge in [-0.2, -0.15) is 0 Å². The number of halogens is 1. The zero-order valence-electron chi connectivity index (χ0n) is 16.3. The standard InChI is InChI=1S/C21H20FN3O3S2/c1-13(28-18-9-5-4-8-17(18)22)20(26)24-25-21(27)16-7-3-6-10-19(16)30-12-15-11-29-14(2)23-15/h3-11,13H,12H2,1-2H3,(H,24,26)(H,25,27). The first-order valence-electron chi connectivity index (χ1n) is 9.08. The molecule has 3 aromatic rings. The monoisotopic (exact) mass is 445 g/mol. The van der Waals surface area contributed by atoms with E-state index in [-0.39, 0.29) is 5.75 Å². The SMILES string of the molecule is Cc1nc(CSc2ccccc2C(=O)NNC(=O)C(C)Oc2ccccc2F)cs1. The van der Waals surface area contributed by atoms with Crippen LogP contribution < -0.4 is 15.6 Å². The fraction of sp³-hybridized carbons (Fsp3) is 0.190. The Bertz CT molecular complexity index is 1040. The largest absolute Gasteiger partial charge is 0.478 e. The molecular weight excluding hydrogens is 425 g/mol. The van der Waals surface area contributed by atoms with Crippen LogP contribution in [-0.4, -0.2) is 22.9 Å². The molecule has 0 spiro atoms. The topological polar surface area (TPSA) is 80.3 Å². The molecule has 0 fully saturated rings. The Morgan fingerprint density at radius 1 is 1.17 bits per heavy atom. The second-order valence-electron chi connectivity index (χ2n) is 6.28. The van der Waals surface area contributed by atoms with Crippen LogP contribution in [0.4, 0.5) is 4.39 Å². The predicted molar refractivity (Wildman–Crippen MR) is 115 cm³/mol. The molecule has 1 heterocycles. The molecule has 1 unspecified atom stereocenters. The van der Waals surface area contributed by atoms with Crippen molar-refractivity contribution in [2.45, 2.75) is 30.6 Å². The van der Waals surface area contributed by atoms with Gasteiger partial charge in [-0.1, -0.05) is 24.3 Å². The fourth-order valence-corrected chi connectivity index (χ4v) is 4.14. The quantitative estimate of drug-likeness (QED) is 0.423. The van der Waals surface area contributed by atoms with Crippen LogP contribution >= 0.6 is 23.1 Å². The minimum atomic E-state index is -1.00. The van der Waals surface area contributed by atoms with Crippen molar-refractivity contribution in [1.29, 1.82) is 0 Å². The second-order valence-corrected chi connectivity index (χ2v) is 8.36. The molecule has 0 aliphatic heterocycles. The van der Waals surface area contributed by atoms with Crippen LogP contribution in [0.25, 0.3) is 0 Å². The van der Waals surface area contributed by atoms with Crippen LogP contribution in [0.2, 0.25) is 0 Å². The molecule has 2 aromatic carbocycles. The molecule has 0 bridgehead atoms. The molecule has 0 aliphatic rings. The molecule has 9 heteroatoms. The Balaban J connectivity index is 1.56. The smallest absolute Gasteiger partial charge is 0.279 e. The summed E-state index contributed by atoms with van der Waals surface area (Å²) in [5, 5.41) is 2.98. The summed E-state index contributed by atoms with van der Waals surface area (Å²) in [6.07, 6.45) is -1.00. The van der Waals surface area contributed by atoms with E-state index in [1.807, 2.05) is 24.4 Å². The Labute approximate surface area is 181 Å². The summed E-state index contributed by atoms with van der Waals surface area (Å²) < 4.78 is 19.0. The first kappa shape index (κ1) is 21.8. The number of nitrogens with zero attached hydrogens (tertiary/aromatic N) is 1. The lowest BCUT2D eigenvalue weighted by molar-refractivity contribution is -0.128. The highest BCUT2D eigenvalue weighted by Crippen LogP contribution is 2.26. The summed E-state index contributed by atoms with van der Waals surface area (Å²) in [5.41, 5.74) is 6.08. The number of carbonyl (C=O) groups excluding carboxylic acids is 2. The van der Waals surface area contributed by atoms with Gasteiger partial charge in [0.1, 0.15) is 0 Å². The summed E-state index contributed by atoms with van der Waals surface area (Å²) in [7, 11) is 0. The Morgan fingerprint density at radius 3 is 2.63 bits per heavy atom. The maximum absolute atomic E-state index is 13.7. The van der Waals surface area contributed by atoms with Gasteiger partial charge >= 0.3 is 0 Å². The first-order valence-corrected chi connectivity index (χ1v) is 10.9. The molecule has 0 saturated carbocycles. The highest BCUT2D eigenvalue weighted by atomic mass is 32.2. The Morgan fingerprint density at radius 2 is 1.90 bits per heavy atom. The summed E-state index contributed by atoms with van der Waals surface area (Å²) in [6.45, 7) is 3.41. The van der Waals surface area contributed by atoms with Crippen molar-refractivity contribution in [2.75, 3.05) is 0 Å². The van der Waals surface area contributed by atoms with E-state index < -0.39 is 23.7 Å². The second kappa shape index (κ2) is 10.2. The molecule has 2 amide bonds. The molecular formula is C21H20FN3O3S2. The van der Waals surface area contributed by atoms with E-state index in [2.05, 4.69) is 15.8 Å². The van der Waals surface area contributed by atoms with Gasteiger partial charge in [-0.15, -0.1) is 23.1 Å². The minimum Gasteiger partial charge on any atom is -0.478 e. The third kappa shape index (κ3) is 5.80. The predicted octanol–water partition coefficient (Wildman–Crippen LogP) is 4.11. The van der Waals surface area contributed by atoms with Gasteiger partial charge in [0.25, 0.3) is 11.8 Å². The van der Waals surface area contributed by atoms with Gasteiger partial charge in [0.15, 0.2) is 17.7 Å². The van der Waals surface area contributed by atoms with Gasteiger partial charge in [0, 0.05) is 16.0 Å². The molecule has 156 valence electrons. The van der Waals surface area contributed by atoms with Crippen LogP contribution in [0.3, 0.4) is 0 Å². The van der Waals surface area contributed by atoms with Crippen molar-refractivity contribution in [2.24, 2.45) is 0 Å². The third-order valence-corrected chi connectivity index (χ3v) is 5.91. The van der Waals surface area contributed by atoms with E-state index in [1.165, 1.54) is 36.9 Å². The molecule has 0 aliphatic carbocycles. The average Bonchev–Trinajstić information content (AvgIpc) is 3.17. The average molecular weight is 446 g/mol. The molecule has 3 rings (SSSR count). The lowest BCUT2D eigenvalue weighted by Crippen LogP contribution is -2.47. The number of carbonyl (C=O) groups is 2. The maximum Gasteiger partial charge on any atom is 0.279 e. The van der Waals surface area contributed by atoms with Crippen LogP contribution in [0.15, 0.2) is 58.8 Å². The van der Waals surface area contributed by atoms with E-state index in [4.69, 9.17) is 4.74 Å². The number of nitrogens with one attached hydrogen (secondary N) is 2. The number of amides is 2. The Hall–Kier alpha value is -2.91. The number of hydrazine groups is 1. The lowest BCUT2D eigenvalue weighted by atomic mass is 10.2. The zero-order chi connectivity index (χ0) is 21.5. The number of thioether (sulfide) groups is 1. The molecule has 2 N–H and O–H groups in total. The van der Waals surface area contributed by atoms with Gasteiger partial charge in [-0.3, -0.25) is 20.4 Å². The van der Waals surface area contributed by atoms with E-state index in [0.29, 0.717) is 11.3 Å². The number of aryl methyl sites for hydroxylation is 1. The van der Waals surface area contributed by atoms with Crippen molar-refractivity contribution < 1.29 is 18.7 Å². The van der Waals surface area contributed by atoms with Gasteiger partial charge in [0.2, 0.25) is 0 Å². The number of rotatable bonds is 7. The number of hydrogen-bond donors (Lipinski definition) is 2. The van der Waals surface area contributed by atoms with Gasteiger partial charge in [0.05, 0.1) is 16.3 Å². The Kier molecular flexibility index (Phi) is 7.42. The number of para-hydroxylation sites is 1. The number of hydrogen-bond acceptors (Lipinski definition) is 6. The molecule has 1 aromatic heterocycles. The van der Waals surface area contributed by atoms with Gasteiger partial charge in [-0.05, 0) is 38.1 Å². The molecule has 0 radical (unpaired) electrons. The summed E-state index contributed by atoms with van der Waals surface area (Å²) >= 11 is 3.07. The van der Waals surface area contributed by atoms with Crippen LogP contribution in [-0.2, 0) is 10.5 Å². The zero-order valence-corrected chi connectivity index (χ0v) is 18.0. The van der Waals surface area contributed by atoms with E-state index in [1.54, 1.807) is 29.5 Å². The molecule has 6 nitrogen and oxygen atoms in total. The van der Waals surface area contributed by atoms with Crippen LogP contribution in [0.5, 0.6) is 5.75 Å². The highest BCUT2D eigenvalue weighted by molar-refractivity contribution is 7.98. The van der Waals surface area contributed by atoms with Crippen LogP contribution in [0.1, 0.15) is 28.0 Å². The van der Waals surface area contributed by atoms with Crippen molar-refractivity contribution in [3.05, 3.63) is 76.0 Å². The number of ether oxygens (including phenoxy) is 1. The van der Waals surface area contributed by atoms with E-state index in [0.717, 1.165) is 15.6 Å². The van der Waals surface area contributed by atoms with E-state index in [9.17, 15) is 14.0 Å². The van der Waals surface area contributed by atoms with Gasteiger partial charge < -0.3 is 4.74 Å². The maximum atomic E-state index is 13.7. The van der Waals surface area contributed by atoms with Crippen molar-refractivity contribution in [3.8, 4) is 5.75 Å². The van der Waals surface area contributed by atoms with Crippen molar-refractivity contribution >= 4 is 34.9 Å². The van der Waals surface area contributed by atoms with Gasteiger partial charge in [-0.25, -0.2) is 9.37 Å². The van der Waals surface area contributed by atoms with E-state index >= 15 is 0 Å². The molecule has 1 atom stereocenters.